The molecule has 2 unspecified atom stereocenters. The maximum absolute atomic E-state index is 6.00. The summed E-state index contributed by atoms with van der Waals surface area (Å²) < 4.78 is 0. The fourth-order valence-corrected chi connectivity index (χ4v) is 3.31. The van der Waals surface area contributed by atoms with E-state index in [4.69, 9.17) is 34.4 Å². The first kappa shape index (κ1) is 20.8. The third-order valence-electron chi connectivity index (χ3n) is 4.82. The third kappa shape index (κ3) is 4.21. The highest BCUT2D eigenvalue weighted by Crippen LogP contribution is 2.22. The van der Waals surface area contributed by atoms with E-state index in [1.807, 2.05) is 60.7 Å². The Labute approximate surface area is 184 Å². The second kappa shape index (κ2) is 8.37. The molecule has 0 aliphatic carbocycles. The number of aliphatic imine (C=N–C) groups is 4. The Morgan fingerprint density at radius 3 is 1.25 bits per heavy atom. The van der Waals surface area contributed by atoms with Crippen molar-refractivity contribution in [2.45, 2.75) is 12.6 Å². The van der Waals surface area contributed by atoms with Gasteiger partial charge < -0.3 is 22.9 Å². The molecule has 0 fully saturated rings. The Hall–Kier alpha value is -4.42. The number of rotatable bonds is 4. The molecule has 2 atom stereocenters. The van der Waals surface area contributed by atoms with Crippen LogP contribution in [-0.2, 0) is 0 Å². The molecular formula is C20H24N12. The zero-order chi connectivity index (χ0) is 22.8. The van der Waals surface area contributed by atoms with Gasteiger partial charge in [0.1, 0.15) is 0 Å². The van der Waals surface area contributed by atoms with E-state index in [-0.39, 0.29) is 23.8 Å². The fourth-order valence-electron chi connectivity index (χ4n) is 3.31. The molecule has 32 heavy (non-hydrogen) atoms. The quantitative estimate of drug-likeness (QED) is 0.337. The summed E-state index contributed by atoms with van der Waals surface area (Å²) >= 11 is 0. The van der Waals surface area contributed by atoms with Gasteiger partial charge in [-0.15, -0.1) is 0 Å². The van der Waals surface area contributed by atoms with Gasteiger partial charge in [-0.1, -0.05) is 36.4 Å². The van der Waals surface area contributed by atoms with Gasteiger partial charge in [0.15, 0.2) is 12.6 Å². The van der Waals surface area contributed by atoms with Gasteiger partial charge in [0.2, 0.25) is 23.8 Å². The van der Waals surface area contributed by atoms with E-state index >= 15 is 0 Å². The Kier molecular flexibility index (Phi) is 5.45. The van der Waals surface area contributed by atoms with Crippen LogP contribution in [0.4, 0.5) is 11.4 Å². The van der Waals surface area contributed by atoms with E-state index in [2.05, 4.69) is 20.0 Å². The van der Waals surface area contributed by atoms with Crippen LogP contribution < -0.4 is 44.2 Å². The van der Waals surface area contributed by atoms with Crippen LogP contribution in [0.5, 0.6) is 0 Å². The lowest BCUT2D eigenvalue weighted by molar-refractivity contribution is 0.717. The van der Waals surface area contributed by atoms with Crippen LogP contribution in [0, 0.1) is 0 Å². The predicted molar refractivity (Wildman–Crippen MR) is 129 cm³/mol. The van der Waals surface area contributed by atoms with Crippen molar-refractivity contribution < 1.29 is 0 Å². The smallest absolute Gasteiger partial charge is 0.221 e. The number of nitrogens with zero attached hydrogens (tertiary/aromatic N) is 6. The highest BCUT2D eigenvalue weighted by molar-refractivity contribution is 6.05. The van der Waals surface area contributed by atoms with Gasteiger partial charge in [0, 0.05) is 11.4 Å². The van der Waals surface area contributed by atoms with Crippen LogP contribution in [0.25, 0.3) is 12.2 Å². The second-order valence-corrected chi connectivity index (χ2v) is 7.00. The zero-order valence-corrected chi connectivity index (χ0v) is 17.1. The minimum Gasteiger partial charge on any atom is -0.369 e. The molecule has 0 saturated heterocycles. The van der Waals surface area contributed by atoms with Crippen LogP contribution >= 0.6 is 0 Å². The van der Waals surface area contributed by atoms with Gasteiger partial charge in [-0.2, -0.15) is 9.98 Å². The maximum atomic E-state index is 6.00. The first-order valence-electron chi connectivity index (χ1n) is 9.64. The molecule has 164 valence electrons. The van der Waals surface area contributed by atoms with Gasteiger partial charge >= 0.3 is 0 Å². The van der Waals surface area contributed by atoms with E-state index in [9.17, 15) is 0 Å². The molecule has 0 spiro atoms. The monoisotopic (exact) mass is 432 g/mol. The maximum Gasteiger partial charge on any atom is 0.221 e. The van der Waals surface area contributed by atoms with Gasteiger partial charge in [0.25, 0.3) is 0 Å². The van der Waals surface area contributed by atoms with E-state index in [0.717, 1.165) is 22.5 Å². The SMILES string of the molecule is NC1=NC(N)N(c2ccc(C=Cc3ccc(N4C(N)=NC(N)=NC4N)cc3)cc2)C(N)=N1. The lowest BCUT2D eigenvalue weighted by Gasteiger charge is -2.29. The van der Waals surface area contributed by atoms with Crippen molar-refractivity contribution in [2.75, 3.05) is 9.80 Å². The fraction of sp³-hybridized carbons (Fsp3) is 0.100. The van der Waals surface area contributed by atoms with Crippen molar-refractivity contribution in [2.24, 2.45) is 54.4 Å². The van der Waals surface area contributed by atoms with E-state index in [1.54, 1.807) is 9.80 Å². The predicted octanol–water partition coefficient (Wildman–Crippen LogP) is -0.760. The minimum atomic E-state index is -0.721. The summed E-state index contributed by atoms with van der Waals surface area (Å²) in [6.07, 6.45) is 2.52. The van der Waals surface area contributed by atoms with E-state index < -0.39 is 12.6 Å². The number of hydrogen-bond acceptors (Lipinski definition) is 12. The van der Waals surface area contributed by atoms with E-state index in [0.29, 0.717) is 0 Å². The number of hydrogen-bond donors (Lipinski definition) is 6. The molecule has 0 radical (unpaired) electrons. The second-order valence-electron chi connectivity index (χ2n) is 7.00. The van der Waals surface area contributed by atoms with Crippen LogP contribution in [0.2, 0.25) is 0 Å². The summed E-state index contributed by atoms with van der Waals surface area (Å²) in [6.45, 7) is 0. The summed E-state index contributed by atoms with van der Waals surface area (Å²) in [5, 5.41) is 0. The molecule has 12 N–H and O–H groups in total. The molecule has 4 rings (SSSR count). The topological polar surface area (TPSA) is 212 Å². The standard InChI is InChI=1S/C20H24N12/c21-15-27-17(23)31(18(24)28-15)13-7-3-11(4-8-13)1-2-12-5-9-14(10-6-12)32-19(25)29-16(22)30-20(32)26/h1-10,17,19H,23,25H2,(H4,21,24,27,28)(H4,22,26,29,30). The lowest BCUT2D eigenvalue weighted by Crippen LogP contribution is -2.52. The third-order valence-corrected chi connectivity index (χ3v) is 4.82. The molecule has 0 bridgehead atoms. The summed E-state index contributed by atoms with van der Waals surface area (Å²) in [6, 6.07) is 15.3. The van der Waals surface area contributed by atoms with Crippen molar-refractivity contribution in [1.29, 1.82) is 0 Å². The highest BCUT2D eigenvalue weighted by Gasteiger charge is 2.23. The molecule has 0 aromatic heterocycles. The molecule has 0 amide bonds. The molecule has 2 aromatic rings. The van der Waals surface area contributed by atoms with Crippen molar-refractivity contribution in [3.8, 4) is 0 Å². The first-order valence-corrected chi connectivity index (χ1v) is 9.64. The summed E-state index contributed by atoms with van der Waals surface area (Å²) in [7, 11) is 0. The largest absolute Gasteiger partial charge is 0.369 e. The normalized spacial score (nSPS) is 21.2. The lowest BCUT2D eigenvalue weighted by atomic mass is 10.1. The summed E-state index contributed by atoms with van der Waals surface area (Å²) in [4.78, 5) is 19.2. The number of nitrogens with two attached hydrogens (primary N) is 6. The van der Waals surface area contributed by atoms with Crippen LogP contribution in [0.15, 0.2) is 68.5 Å². The van der Waals surface area contributed by atoms with Crippen LogP contribution in [0.1, 0.15) is 11.1 Å². The average Bonchev–Trinajstić information content (AvgIpc) is 2.73. The summed E-state index contributed by atoms with van der Waals surface area (Å²) in [5.74, 6) is 0.513. The van der Waals surface area contributed by atoms with Crippen LogP contribution in [-0.4, -0.2) is 36.4 Å². The molecule has 12 heteroatoms. The molecule has 2 aliphatic heterocycles. The van der Waals surface area contributed by atoms with Gasteiger partial charge in [-0.3, -0.25) is 21.3 Å². The molecule has 2 aromatic carbocycles. The molecule has 12 nitrogen and oxygen atoms in total. The Morgan fingerprint density at radius 1 is 0.594 bits per heavy atom. The Balaban J connectivity index is 1.45. The highest BCUT2D eigenvalue weighted by atomic mass is 15.4. The molecular weight excluding hydrogens is 408 g/mol. The van der Waals surface area contributed by atoms with Gasteiger partial charge in [-0.25, -0.2) is 9.98 Å². The van der Waals surface area contributed by atoms with Crippen molar-refractivity contribution in [3.05, 3.63) is 59.7 Å². The first-order chi connectivity index (χ1) is 15.3. The average molecular weight is 432 g/mol. The molecule has 2 heterocycles. The van der Waals surface area contributed by atoms with Gasteiger partial charge in [0.05, 0.1) is 0 Å². The minimum absolute atomic E-state index is 0.0610. The zero-order valence-electron chi connectivity index (χ0n) is 17.1. The van der Waals surface area contributed by atoms with Crippen molar-refractivity contribution >= 4 is 47.4 Å². The van der Waals surface area contributed by atoms with Crippen molar-refractivity contribution in [3.63, 3.8) is 0 Å². The number of benzene rings is 2. The van der Waals surface area contributed by atoms with E-state index in [1.165, 1.54) is 0 Å². The summed E-state index contributed by atoms with van der Waals surface area (Å²) in [5.41, 5.74) is 38.5. The number of guanidine groups is 4. The molecule has 0 saturated carbocycles. The molecule has 2 aliphatic rings. The van der Waals surface area contributed by atoms with Crippen LogP contribution in [0.3, 0.4) is 0 Å². The van der Waals surface area contributed by atoms with Gasteiger partial charge in [-0.05, 0) is 35.4 Å². The van der Waals surface area contributed by atoms with Crippen molar-refractivity contribution in [1.82, 2.24) is 0 Å². The Bertz CT molecular complexity index is 1050. The number of anilines is 2. The Morgan fingerprint density at radius 2 is 0.938 bits per heavy atom.